The van der Waals surface area contributed by atoms with Gasteiger partial charge >= 0.3 is 27.3 Å². The van der Waals surface area contributed by atoms with Crippen molar-refractivity contribution < 1.29 is 61.5 Å². The van der Waals surface area contributed by atoms with E-state index in [0.29, 0.717) is 0 Å². The van der Waals surface area contributed by atoms with Gasteiger partial charge in [-0.05, 0) is 18.0 Å². The molecule has 0 spiro atoms. The molecule has 3 aromatic heterocycles. The third-order valence-corrected chi connectivity index (χ3v) is 13.6. The molecular formula is C28H42N12O14P2S2. The molecule has 10 N–H and O–H groups in total. The molecule has 58 heavy (non-hydrogen) atoms. The molecule has 10 atom stereocenters. The highest BCUT2D eigenvalue weighted by Crippen LogP contribution is 2.50. The zero-order valence-electron chi connectivity index (χ0n) is 30.9. The Morgan fingerprint density at radius 2 is 1.86 bits per heavy atom. The van der Waals surface area contributed by atoms with E-state index in [4.69, 9.17) is 46.0 Å². The highest BCUT2D eigenvalue weighted by molar-refractivity contribution is 8.77. The van der Waals surface area contributed by atoms with Crippen LogP contribution in [0.15, 0.2) is 34.8 Å². The van der Waals surface area contributed by atoms with Crippen LogP contribution in [-0.2, 0) is 41.7 Å². The Labute approximate surface area is 336 Å². The van der Waals surface area contributed by atoms with Crippen molar-refractivity contribution in [2.24, 2.45) is 10.8 Å². The number of carbonyl (C=O) groups excluding carboxylic acids is 1. The van der Waals surface area contributed by atoms with Gasteiger partial charge in [0.05, 0.1) is 19.5 Å². The van der Waals surface area contributed by atoms with Crippen LogP contribution in [0.3, 0.4) is 0 Å². The number of ether oxygens (including phenoxy) is 3. The number of azide groups is 1. The van der Waals surface area contributed by atoms with Gasteiger partial charge in [0, 0.05) is 34.1 Å². The summed E-state index contributed by atoms with van der Waals surface area (Å²) < 4.78 is 59.6. The van der Waals surface area contributed by atoms with Gasteiger partial charge in [-0.15, -0.1) is 0 Å². The van der Waals surface area contributed by atoms with Crippen molar-refractivity contribution >= 4 is 66.0 Å². The van der Waals surface area contributed by atoms with Crippen LogP contribution in [0.1, 0.15) is 46.1 Å². The van der Waals surface area contributed by atoms with Crippen LogP contribution in [0.2, 0.25) is 0 Å². The molecule has 26 nitrogen and oxygen atoms in total. The normalized spacial score (nSPS) is 25.9. The van der Waals surface area contributed by atoms with Crippen molar-refractivity contribution in [2.75, 3.05) is 31.2 Å². The monoisotopic (exact) mass is 896 g/mol. The van der Waals surface area contributed by atoms with E-state index in [9.17, 15) is 38.5 Å². The number of aromatic nitrogens is 6. The molecule has 5 unspecified atom stereocenters. The number of fused-ring (bicyclic) bond motifs is 1. The Morgan fingerprint density at radius 1 is 1.14 bits per heavy atom. The number of hydrogen-bond acceptors (Lipinski definition) is 21. The largest absolute Gasteiger partial charge is 0.472 e. The number of rotatable bonds is 18. The fourth-order valence-corrected chi connectivity index (χ4v) is 9.52. The summed E-state index contributed by atoms with van der Waals surface area (Å²) >= 11 is 0. The van der Waals surface area contributed by atoms with Gasteiger partial charge in [0.1, 0.15) is 54.3 Å². The quantitative estimate of drug-likeness (QED) is 0.0233. The number of nitrogen functional groups attached to an aromatic ring is 2. The van der Waals surface area contributed by atoms with E-state index < -0.39 is 94.8 Å². The molecule has 0 radical (unpaired) electrons. The SMILES string of the molecule is CC(C)(C)SS[C@@H](CN=[N+]=[N-])C[C@@H](N)C(=O)OC1C(COP(=O)(O)O[C@H]2C[C@H](n3ccc(N)nc3=O)O[C@@H]2COP(=O)(O)O)OC(n2cnc3c(N)ncnc32)C1O. The second kappa shape index (κ2) is 18.9. The maximum absolute atomic E-state index is 13.5. The van der Waals surface area contributed by atoms with Crippen molar-refractivity contribution in [1.82, 2.24) is 29.1 Å². The number of aliphatic hydroxyl groups is 1. The molecule has 5 heterocycles. The molecule has 2 aliphatic rings. The maximum Gasteiger partial charge on any atom is 0.472 e. The first kappa shape index (κ1) is 45.7. The first-order valence-corrected chi connectivity index (χ1v) is 22.3. The van der Waals surface area contributed by atoms with E-state index in [1.807, 2.05) is 20.8 Å². The van der Waals surface area contributed by atoms with Gasteiger partial charge < -0.3 is 51.2 Å². The smallest absolute Gasteiger partial charge is 0.455 e. The number of anilines is 2. The van der Waals surface area contributed by atoms with Crippen molar-refractivity contribution in [3.8, 4) is 0 Å². The molecule has 5 rings (SSSR count). The number of nitrogens with zero attached hydrogens (tertiary/aromatic N) is 9. The average molecular weight is 897 g/mol. The predicted octanol–water partition coefficient (Wildman–Crippen LogP) is 0.893. The second-order valence-electron chi connectivity index (χ2n) is 13.8. The summed E-state index contributed by atoms with van der Waals surface area (Å²) in [5.41, 5.74) is 26.0. The Balaban J connectivity index is 1.34. The van der Waals surface area contributed by atoms with E-state index in [1.54, 1.807) is 0 Å². The van der Waals surface area contributed by atoms with Gasteiger partial charge in [0.25, 0.3) is 0 Å². The van der Waals surface area contributed by atoms with Crippen molar-refractivity contribution in [2.45, 2.75) is 92.6 Å². The summed E-state index contributed by atoms with van der Waals surface area (Å²) in [5.74, 6) is -1.08. The zero-order valence-corrected chi connectivity index (χ0v) is 34.3. The number of aliphatic hydroxyl groups excluding tert-OH is 1. The minimum atomic E-state index is -5.19. The lowest BCUT2D eigenvalue weighted by Crippen LogP contribution is -2.44. The molecule has 30 heteroatoms. The number of esters is 1. The van der Waals surface area contributed by atoms with Gasteiger partial charge in [0.15, 0.2) is 23.8 Å². The topological polar surface area (TPSA) is 393 Å². The molecular weight excluding hydrogens is 854 g/mol. The lowest BCUT2D eigenvalue weighted by atomic mass is 10.1. The molecule has 0 aliphatic carbocycles. The summed E-state index contributed by atoms with van der Waals surface area (Å²) in [5, 5.41) is 14.7. The highest BCUT2D eigenvalue weighted by Gasteiger charge is 2.50. The van der Waals surface area contributed by atoms with Crippen LogP contribution < -0.4 is 22.9 Å². The fraction of sp³-hybridized carbons (Fsp3) is 0.643. The van der Waals surface area contributed by atoms with Gasteiger partial charge in [-0.1, -0.05) is 47.5 Å². The molecule has 0 aromatic carbocycles. The fourth-order valence-electron chi connectivity index (χ4n) is 5.69. The number of hydrogen-bond donors (Lipinski definition) is 7. The van der Waals surface area contributed by atoms with E-state index in [-0.39, 0.29) is 46.9 Å². The second-order valence-corrected chi connectivity index (χ2v) is 19.8. The van der Waals surface area contributed by atoms with Gasteiger partial charge in [0.2, 0.25) is 0 Å². The Morgan fingerprint density at radius 3 is 2.53 bits per heavy atom. The molecule has 0 saturated carbocycles. The lowest BCUT2D eigenvalue weighted by molar-refractivity contribution is -0.158. The summed E-state index contributed by atoms with van der Waals surface area (Å²) in [6, 6.07) is -0.0130. The molecule has 2 saturated heterocycles. The predicted molar refractivity (Wildman–Crippen MR) is 205 cm³/mol. The third kappa shape index (κ3) is 12.1. The van der Waals surface area contributed by atoms with E-state index in [2.05, 4.69) is 34.5 Å². The number of carbonyl (C=O) groups is 1. The molecule has 320 valence electrons. The number of imidazole rings is 1. The first-order valence-electron chi connectivity index (χ1n) is 17.1. The lowest BCUT2D eigenvalue weighted by Gasteiger charge is -2.26. The van der Waals surface area contributed by atoms with Crippen LogP contribution in [0, 0.1) is 0 Å². The Hall–Kier alpha value is -3.43. The molecule has 0 bridgehead atoms. The standard InChI is InChI=1S/C28H42N12O14P2S2/c1-28(2,3)58-57-13(8-36-38-32)6-14(29)26(42)53-22-17(52-25(21(22)41)40-12-35-20-23(31)33-11-34-24(20)40)10-50-56(47,48)54-15-7-19(39-5-4-18(30)37-27(39)43)51-16(15)9-49-55(44,45)46/h4-5,11-17,19,21-22,25,41H,6-10,29H2,1-3H3,(H,47,48)(H2,30,37,43)(H2,31,33,34)(H2,44,45,46)/t13-,14-,15+,16-,17?,19-,21?,22?,25?/m1/s1. The Kier molecular flexibility index (Phi) is 14.9. The Bertz CT molecular complexity index is 2130. The maximum atomic E-state index is 13.5. The van der Waals surface area contributed by atoms with Crippen LogP contribution in [0.4, 0.5) is 11.6 Å². The van der Waals surface area contributed by atoms with Crippen LogP contribution in [0.25, 0.3) is 21.6 Å². The van der Waals surface area contributed by atoms with Crippen molar-refractivity contribution in [1.29, 1.82) is 0 Å². The average Bonchev–Trinajstić information content (AvgIpc) is 3.82. The van der Waals surface area contributed by atoms with Gasteiger partial charge in [-0.2, -0.15) is 4.98 Å². The van der Waals surface area contributed by atoms with Crippen molar-refractivity contribution in [3.05, 3.63) is 45.8 Å². The number of phosphoric acid groups is 2. The van der Waals surface area contributed by atoms with Crippen LogP contribution in [-0.4, -0.2) is 121 Å². The summed E-state index contributed by atoms with van der Waals surface area (Å²) in [7, 11) is -7.39. The van der Waals surface area contributed by atoms with E-state index in [1.165, 1.54) is 44.7 Å². The van der Waals surface area contributed by atoms with Crippen LogP contribution in [0.5, 0.6) is 0 Å². The minimum Gasteiger partial charge on any atom is -0.455 e. The van der Waals surface area contributed by atoms with E-state index in [0.717, 1.165) is 10.9 Å². The highest BCUT2D eigenvalue weighted by atomic mass is 33.1. The minimum absolute atomic E-state index is 0.00217. The zero-order chi connectivity index (χ0) is 42.6. The number of nitrogens with two attached hydrogens (primary N) is 3. The summed E-state index contributed by atoms with van der Waals surface area (Å²) in [6.07, 6.45) is -6.99. The van der Waals surface area contributed by atoms with E-state index >= 15 is 0 Å². The van der Waals surface area contributed by atoms with Gasteiger partial charge in [-0.3, -0.25) is 27.5 Å². The molecule has 2 fully saturated rings. The number of phosphoric ester groups is 2. The molecule has 3 aromatic rings. The summed E-state index contributed by atoms with van der Waals surface area (Å²) in [6.45, 7) is 4.23. The molecule has 0 amide bonds. The summed E-state index contributed by atoms with van der Waals surface area (Å²) in [4.78, 5) is 73.9. The molecule has 2 aliphatic heterocycles. The third-order valence-electron chi connectivity index (χ3n) is 8.24. The van der Waals surface area contributed by atoms with Crippen molar-refractivity contribution in [3.63, 3.8) is 0 Å². The van der Waals surface area contributed by atoms with Crippen LogP contribution >= 0.6 is 37.2 Å². The van der Waals surface area contributed by atoms with Gasteiger partial charge in [-0.25, -0.2) is 28.9 Å². The first-order chi connectivity index (χ1) is 27.1.